The third kappa shape index (κ3) is 2.58. The zero-order chi connectivity index (χ0) is 7.65. The monoisotopic (exact) mass is 132 g/mol. The Labute approximate surface area is 55.5 Å². The largest absolute Gasteiger partial charge is 0.339 e. The van der Waals surface area contributed by atoms with Crippen molar-refractivity contribution < 1.29 is 14.4 Å². The van der Waals surface area contributed by atoms with Crippen LogP contribution >= 0.6 is 0 Å². The third-order valence-corrected chi connectivity index (χ3v) is 1.10. The SMILES string of the molecule is CC(=O)C(O)[N+](C)(C)C. The fourth-order valence-corrected chi connectivity index (χ4v) is 0.545. The number of likely N-dealkylation sites (N-methyl/N-ethyl adjacent to an activating group) is 1. The number of carbonyl (C=O) groups is 1. The zero-order valence-corrected chi connectivity index (χ0v) is 6.38. The van der Waals surface area contributed by atoms with E-state index in [2.05, 4.69) is 0 Å². The third-order valence-electron chi connectivity index (χ3n) is 1.10. The molecule has 0 aliphatic rings. The summed E-state index contributed by atoms with van der Waals surface area (Å²) in [5.41, 5.74) is 0. The van der Waals surface area contributed by atoms with Gasteiger partial charge >= 0.3 is 0 Å². The molecule has 3 nitrogen and oxygen atoms in total. The summed E-state index contributed by atoms with van der Waals surface area (Å²) in [5.74, 6) is -0.192. The van der Waals surface area contributed by atoms with Crippen LogP contribution in [-0.2, 0) is 4.79 Å². The van der Waals surface area contributed by atoms with Gasteiger partial charge in [0.25, 0.3) is 0 Å². The molecule has 0 bridgehead atoms. The van der Waals surface area contributed by atoms with Crippen LogP contribution in [0.3, 0.4) is 0 Å². The van der Waals surface area contributed by atoms with Gasteiger partial charge in [0.1, 0.15) is 0 Å². The number of Topliss-reactive ketones (excluding diaryl/α,β-unsaturated/α-hetero) is 1. The maximum atomic E-state index is 10.5. The van der Waals surface area contributed by atoms with E-state index in [1.165, 1.54) is 6.92 Å². The van der Waals surface area contributed by atoms with Crippen molar-refractivity contribution in [1.29, 1.82) is 0 Å². The second-order valence-electron chi connectivity index (χ2n) is 3.10. The molecular formula is C6H14NO2+. The van der Waals surface area contributed by atoms with Gasteiger partial charge in [-0.1, -0.05) is 0 Å². The zero-order valence-electron chi connectivity index (χ0n) is 6.38. The van der Waals surface area contributed by atoms with E-state index in [-0.39, 0.29) is 10.3 Å². The Morgan fingerprint density at radius 3 is 1.78 bits per heavy atom. The molecule has 0 aromatic carbocycles. The van der Waals surface area contributed by atoms with Crippen LogP contribution in [0.25, 0.3) is 0 Å². The molecule has 1 atom stereocenters. The minimum absolute atomic E-state index is 0.192. The highest BCUT2D eigenvalue weighted by Gasteiger charge is 2.24. The Bertz CT molecular complexity index is 115. The van der Waals surface area contributed by atoms with Crippen LogP contribution in [-0.4, -0.2) is 42.7 Å². The van der Waals surface area contributed by atoms with Gasteiger partial charge in [0.05, 0.1) is 21.1 Å². The molecule has 1 unspecified atom stereocenters. The van der Waals surface area contributed by atoms with E-state index in [9.17, 15) is 4.79 Å². The summed E-state index contributed by atoms with van der Waals surface area (Å²) in [4.78, 5) is 10.5. The first kappa shape index (κ1) is 8.59. The lowest BCUT2D eigenvalue weighted by atomic mass is 10.3. The van der Waals surface area contributed by atoms with Crippen molar-refractivity contribution in [3.05, 3.63) is 0 Å². The topological polar surface area (TPSA) is 37.3 Å². The van der Waals surface area contributed by atoms with Crippen molar-refractivity contribution in [1.82, 2.24) is 0 Å². The summed E-state index contributed by atoms with van der Waals surface area (Å²) in [5, 5.41) is 9.09. The molecule has 0 rings (SSSR count). The molecule has 9 heavy (non-hydrogen) atoms. The van der Waals surface area contributed by atoms with Crippen LogP contribution in [0.4, 0.5) is 0 Å². The van der Waals surface area contributed by atoms with Gasteiger partial charge in [-0.2, -0.15) is 0 Å². The summed E-state index contributed by atoms with van der Waals surface area (Å²) in [6.45, 7) is 1.38. The second kappa shape index (κ2) is 2.45. The number of rotatable bonds is 2. The number of ketones is 1. The molecular weight excluding hydrogens is 118 g/mol. The second-order valence-corrected chi connectivity index (χ2v) is 3.10. The standard InChI is InChI=1S/C6H14NO2/c1-5(8)6(9)7(2,3)4/h6,9H,1-4H3/q+1. The fourth-order valence-electron chi connectivity index (χ4n) is 0.545. The lowest BCUT2D eigenvalue weighted by Gasteiger charge is -2.27. The smallest absolute Gasteiger partial charge is 0.250 e. The van der Waals surface area contributed by atoms with E-state index in [0.29, 0.717) is 0 Å². The van der Waals surface area contributed by atoms with Crippen LogP contribution in [0.1, 0.15) is 6.92 Å². The summed E-state index contributed by atoms with van der Waals surface area (Å²) < 4.78 is 0.273. The van der Waals surface area contributed by atoms with E-state index in [0.717, 1.165) is 0 Å². The number of aliphatic hydroxyl groups excluding tert-OH is 1. The van der Waals surface area contributed by atoms with Crippen molar-refractivity contribution in [2.75, 3.05) is 21.1 Å². The quantitative estimate of drug-likeness (QED) is 0.410. The molecule has 0 amide bonds. The normalized spacial score (nSPS) is 15.2. The van der Waals surface area contributed by atoms with Crippen molar-refractivity contribution >= 4 is 5.78 Å². The Hall–Kier alpha value is -0.410. The van der Waals surface area contributed by atoms with Gasteiger partial charge in [-0.3, -0.25) is 9.28 Å². The Morgan fingerprint density at radius 2 is 1.78 bits per heavy atom. The Kier molecular flexibility index (Phi) is 2.34. The predicted molar refractivity (Wildman–Crippen MR) is 34.7 cm³/mol. The molecule has 0 saturated heterocycles. The summed E-state index contributed by atoms with van der Waals surface area (Å²) >= 11 is 0. The first-order chi connectivity index (χ1) is 3.85. The van der Waals surface area contributed by atoms with Crippen molar-refractivity contribution in [3.8, 4) is 0 Å². The summed E-state index contributed by atoms with van der Waals surface area (Å²) in [6.07, 6.45) is -0.884. The summed E-state index contributed by atoms with van der Waals surface area (Å²) in [7, 11) is 5.31. The highest BCUT2D eigenvalue weighted by atomic mass is 16.3. The van der Waals surface area contributed by atoms with Gasteiger partial charge in [-0.25, -0.2) is 0 Å². The first-order valence-corrected chi connectivity index (χ1v) is 2.85. The van der Waals surface area contributed by atoms with Gasteiger partial charge < -0.3 is 5.11 Å². The molecule has 0 saturated carbocycles. The van der Waals surface area contributed by atoms with Crippen molar-refractivity contribution in [2.24, 2.45) is 0 Å². The number of quaternary nitrogens is 1. The number of hydrogen-bond donors (Lipinski definition) is 1. The molecule has 0 aliphatic heterocycles. The molecule has 3 heteroatoms. The van der Waals surface area contributed by atoms with Crippen LogP contribution in [0.15, 0.2) is 0 Å². The summed E-state index contributed by atoms with van der Waals surface area (Å²) in [6, 6.07) is 0. The fraction of sp³-hybridized carbons (Fsp3) is 0.833. The lowest BCUT2D eigenvalue weighted by molar-refractivity contribution is -0.907. The van der Waals surface area contributed by atoms with Crippen molar-refractivity contribution in [2.45, 2.75) is 13.2 Å². The minimum atomic E-state index is -0.884. The van der Waals surface area contributed by atoms with E-state index in [1.54, 1.807) is 21.1 Å². The lowest BCUT2D eigenvalue weighted by Crippen LogP contribution is -2.48. The van der Waals surface area contributed by atoms with Crippen LogP contribution in [0.2, 0.25) is 0 Å². The molecule has 0 aromatic rings. The van der Waals surface area contributed by atoms with Gasteiger partial charge in [0, 0.05) is 6.92 Å². The van der Waals surface area contributed by atoms with Gasteiger partial charge in [-0.15, -0.1) is 0 Å². The highest BCUT2D eigenvalue weighted by Crippen LogP contribution is 1.98. The number of nitrogens with zero attached hydrogens (tertiary/aromatic N) is 1. The highest BCUT2D eigenvalue weighted by molar-refractivity contribution is 5.78. The van der Waals surface area contributed by atoms with Crippen molar-refractivity contribution in [3.63, 3.8) is 0 Å². The average molecular weight is 132 g/mol. The van der Waals surface area contributed by atoms with E-state index in [1.807, 2.05) is 0 Å². The number of carbonyl (C=O) groups excluding carboxylic acids is 1. The molecule has 54 valence electrons. The minimum Gasteiger partial charge on any atom is -0.339 e. The maximum absolute atomic E-state index is 10.5. The molecule has 0 heterocycles. The Balaban J connectivity index is 4.04. The Morgan fingerprint density at radius 1 is 1.44 bits per heavy atom. The molecule has 0 spiro atoms. The molecule has 0 aromatic heterocycles. The van der Waals surface area contributed by atoms with Gasteiger partial charge in [0.2, 0.25) is 12.0 Å². The number of aliphatic hydroxyl groups is 1. The molecule has 0 radical (unpaired) electrons. The molecule has 0 fully saturated rings. The van der Waals surface area contributed by atoms with E-state index < -0.39 is 6.23 Å². The molecule has 0 aliphatic carbocycles. The van der Waals surface area contributed by atoms with Crippen LogP contribution in [0.5, 0.6) is 0 Å². The van der Waals surface area contributed by atoms with E-state index >= 15 is 0 Å². The first-order valence-electron chi connectivity index (χ1n) is 2.85. The van der Waals surface area contributed by atoms with Crippen LogP contribution in [0, 0.1) is 0 Å². The molecule has 1 N–H and O–H groups in total. The maximum Gasteiger partial charge on any atom is 0.250 e. The predicted octanol–water partition coefficient (Wildman–Crippen LogP) is -0.400. The van der Waals surface area contributed by atoms with E-state index in [4.69, 9.17) is 5.11 Å². The van der Waals surface area contributed by atoms with Gasteiger partial charge in [-0.05, 0) is 0 Å². The van der Waals surface area contributed by atoms with Crippen LogP contribution < -0.4 is 0 Å². The average Bonchev–Trinajstić information content (AvgIpc) is 1.62. The van der Waals surface area contributed by atoms with Gasteiger partial charge in [0.15, 0.2) is 0 Å². The number of hydrogen-bond acceptors (Lipinski definition) is 2.